The van der Waals surface area contributed by atoms with Crippen molar-refractivity contribution in [2.45, 2.75) is 13.0 Å². The number of hydrogen-bond acceptors (Lipinski definition) is 2. The molecule has 25 heavy (non-hydrogen) atoms. The van der Waals surface area contributed by atoms with E-state index in [1.165, 1.54) is 12.1 Å². The number of carbonyl (C=O) groups is 1. The second-order valence-electron chi connectivity index (χ2n) is 5.65. The molecule has 0 aliphatic rings. The van der Waals surface area contributed by atoms with Crippen LogP contribution in [0.15, 0.2) is 78.9 Å². The lowest BCUT2D eigenvalue weighted by molar-refractivity contribution is -0.115. The van der Waals surface area contributed by atoms with Crippen molar-refractivity contribution in [2.24, 2.45) is 0 Å². The van der Waals surface area contributed by atoms with Crippen LogP contribution in [0.2, 0.25) is 0 Å². The van der Waals surface area contributed by atoms with E-state index in [4.69, 9.17) is 4.74 Å². The monoisotopic (exact) mass is 335 g/mol. The molecule has 3 nitrogen and oxygen atoms in total. The molecule has 1 amide bonds. The Morgan fingerprint density at radius 1 is 0.840 bits per heavy atom. The highest BCUT2D eigenvalue weighted by molar-refractivity contribution is 5.92. The van der Waals surface area contributed by atoms with Crippen molar-refractivity contribution in [1.82, 2.24) is 0 Å². The molecule has 0 aliphatic heterocycles. The maximum absolute atomic E-state index is 12.9. The molecular formula is C21H18FNO2. The average molecular weight is 335 g/mol. The predicted octanol–water partition coefficient (Wildman–Crippen LogP) is 4.59. The highest BCUT2D eigenvalue weighted by Crippen LogP contribution is 2.17. The maximum atomic E-state index is 12.9. The molecule has 0 radical (unpaired) electrons. The zero-order valence-corrected chi connectivity index (χ0v) is 13.6. The molecule has 0 aromatic heterocycles. The Labute approximate surface area is 146 Å². The van der Waals surface area contributed by atoms with Crippen LogP contribution >= 0.6 is 0 Å². The van der Waals surface area contributed by atoms with Crippen LogP contribution in [0.25, 0.3) is 0 Å². The molecule has 0 aliphatic carbocycles. The summed E-state index contributed by atoms with van der Waals surface area (Å²) in [6.45, 7) is 0.497. The molecule has 3 rings (SSSR count). The van der Waals surface area contributed by atoms with Crippen molar-refractivity contribution in [3.05, 3.63) is 95.8 Å². The number of benzene rings is 3. The smallest absolute Gasteiger partial charge is 0.228 e. The van der Waals surface area contributed by atoms with Gasteiger partial charge in [0.15, 0.2) is 0 Å². The topological polar surface area (TPSA) is 38.3 Å². The standard InChI is InChI=1S/C21H18FNO2/c22-18-8-6-16(7-9-18)14-21(24)23-19-10-12-20(13-11-19)25-15-17-4-2-1-3-5-17/h1-13H,14-15H2,(H,23,24). The third kappa shape index (κ3) is 5.18. The van der Waals surface area contributed by atoms with Gasteiger partial charge in [-0.15, -0.1) is 0 Å². The molecule has 0 bridgehead atoms. The van der Waals surface area contributed by atoms with E-state index in [2.05, 4.69) is 5.32 Å². The van der Waals surface area contributed by atoms with Crippen molar-refractivity contribution in [1.29, 1.82) is 0 Å². The van der Waals surface area contributed by atoms with Crippen molar-refractivity contribution >= 4 is 11.6 Å². The quantitative estimate of drug-likeness (QED) is 0.716. The summed E-state index contributed by atoms with van der Waals surface area (Å²) in [5, 5.41) is 2.82. The molecule has 3 aromatic rings. The Hall–Kier alpha value is -3.14. The zero-order chi connectivity index (χ0) is 17.5. The molecule has 126 valence electrons. The van der Waals surface area contributed by atoms with Crippen LogP contribution in [0, 0.1) is 5.82 Å². The fourth-order valence-corrected chi connectivity index (χ4v) is 2.37. The van der Waals surface area contributed by atoms with Gasteiger partial charge in [-0.25, -0.2) is 4.39 Å². The minimum atomic E-state index is -0.310. The number of carbonyl (C=O) groups excluding carboxylic acids is 1. The van der Waals surface area contributed by atoms with E-state index >= 15 is 0 Å². The van der Waals surface area contributed by atoms with Gasteiger partial charge in [-0.1, -0.05) is 42.5 Å². The molecule has 0 heterocycles. The van der Waals surface area contributed by atoms with Crippen LogP contribution in [0.3, 0.4) is 0 Å². The van der Waals surface area contributed by atoms with E-state index in [-0.39, 0.29) is 18.1 Å². The lowest BCUT2D eigenvalue weighted by atomic mass is 10.1. The van der Waals surface area contributed by atoms with Gasteiger partial charge in [0.2, 0.25) is 5.91 Å². The van der Waals surface area contributed by atoms with Gasteiger partial charge in [0.1, 0.15) is 18.2 Å². The second kappa shape index (κ2) is 8.11. The number of nitrogens with one attached hydrogen (secondary N) is 1. The molecule has 0 saturated heterocycles. The molecule has 0 spiro atoms. The summed E-state index contributed by atoms with van der Waals surface area (Å²) < 4.78 is 18.6. The van der Waals surface area contributed by atoms with Gasteiger partial charge in [-0.05, 0) is 47.5 Å². The van der Waals surface area contributed by atoms with Crippen LogP contribution in [0.5, 0.6) is 5.75 Å². The Kier molecular flexibility index (Phi) is 5.42. The summed E-state index contributed by atoms with van der Waals surface area (Å²) in [6, 6.07) is 23.0. The van der Waals surface area contributed by atoms with E-state index in [9.17, 15) is 9.18 Å². The number of rotatable bonds is 6. The number of amides is 1. The summed E-state index contributed by atoms with van der Waals surface area (Å²) in [5.74, 6) is 0.278. The fourth-order valence-electron chi connectivity index (χ4n) is 2.37. The number of ether oxygens (including phenoxy) is 1. The third-order valence-electron chi connectivity index (χ3n) is 3.66. The summed E-state index contributed by atoms with van der Waals surface area (Å²) >= 11 is 0. The Balaban J connectivity index is 1.51. The van der Waals surface area contributed by atoms with Crippen molar-refractivity contribution < 1.29 is 13.9 Å². The van der Waals surface area contributed by atoms with Crippen LogP contribution in [0.1, 0.15) is 11.1 Å². The molecule has 0 fully saturated rings. The highest BCUT2D eigenvalue weighted by atomic mass is 19.1. The first kappa shape index (κ1) is 16.7. The fraction of sp³-hybridized carbons (Fsp3) is 0.0952. The van der Waals surface area contributed by atoms with Gasteiger partial charge >= 0.3 is 0 Å². The predicted molar refractivity (Wildman–Crippen MR) is 95.9 cm³/mol. The first-order chi connectivity index (χ1) is 12.2. The van der Waals surface area contributed by atoms with Crippen molar-refractivity contribution in [2.75, 3.05) is 5.32 Å². The second-order valence-corrected chi connectivity index (χ2v) is 5.65. The summed E-state index contributed by atoms with van der Waals surface area (Å²) in [5.41, 5.74) is 2.56. The summed E-state index contributed by atoms with van der Waals surface area (Å²) in [7, 11) is 0. The minimum absolute atomic E-state index is 0.149. The van der Waals surface area contributed by atoms with Gasteiger partial charge in [0, 0.05) is 5.69 Å². The van der Waals surface area contributed by atoms with Crippen LogP contribution in [-0.4, -0.2) is 5.91 Å². The van der Waals surface area contributed by atoms with Gasteiger partial charge in [0.25, 0.3) is 0 Å². The van der Waals surface area contributed by atoms with Crippen LogP contribution in [0.4, 0.5) is 10.1 Å². The Bertz CT molecular complexity index is 815. The number of hydrogen-bond donors (Lipinski definition) is 1. The van der Waals surface area contributed by atoms with E-state index in [1.54, 1.807) is 24.3 Å². The Morgan fingerprint density at radius 2 is 1.52 bits per heavy atom. The molecule has 0 unspecified atom stereocenters. The number of anilines is 1. The van der Waals surface area contributed by atoms with Crippen molar-refractivity contribution in [3.63, 3.8) is 0 Å². The van der Waals surface area contributed by atoms with E-state index in [0.717, 1.165) is 16.9 Å². The normalized spacial score (nSPS) is 10.3. The Morgan fingerprint density at radius 3 is 2.20 bits per heavy atom. The number of halogens is 1. The van der Waals surface area contributed by atoms with Crippen LogP contribution in [-0.2, 0) is 17.8 Å². The highest BCUT2D eigenvalue weighted by Gasteiger charge is 2.05. The molecule has 3 aromatic carbocycles. The zero-order valence-electron chi connectivity index (χ0n) is 13.6. The first-order valence-corrected chi connectivity index (χ1v) is 8.00. The molecule has 4 heteroatoms. The molecule has 0 atom stereocenters. The largest absolute Gasteiger partial charge is 0.489 e. The SMILES string of the molecule is O=C(Cc1ccc(F)cc1)Nc1ccc(OCc2ccccc2)cc1. The summed E-state index contributed by atoms with van der Waals surface area (Å²) in [6.07, 6.45) is 0.201. The van der Waals surface area contributed by atoms with Crippen molar-refractivity contribution in [3.8, 4) is 5.75 Å². The van der Waals surface area contributed by atoms with Crippen LogP contribution < -0.4 is 10.1 Å². The third-order valence-corrected chi connectivity index (χ3v) is 3.66. The summed E-state index contributed by atoms with van der Waals surface area (Å²) in [4.78, 5) is 12.0. The lowest BCUT2D eigenvalue weighted by Crippen LogP contribution is -2.14. The van der Waals surface area contributed by atoms with E-state index in [0.29, 0.717) is 12.3 Å². The van der Waals surface area contributed by atoms with E-state index in [1.807, 2.05) is 42.5 Å². The first-order valence-electron chi connectivity index (χ1n) is 8.00. The maximum Gasteiger partial charge on any atom is 0.228 e. The molecule has 1 N–H and O–H groups in total. The van der Waals surface area contributed by atoms with E-state index < -0.39 is 0 Å². The lowest BCUT2D eigenvalue weighted by Gasteiger charge is -2.09. The van der Waals surface area contributed by atoms with Gasteiger partial charge in [-0.2, -0.15) is 0 Å². The van der Waals surface area contributed by atoms with Gasteiger partial charge in [0.05, 0.1) is 6.42 Å². The van der Waals surface area contributed by atoms with Gasteiger partial charge < -0.3 is 10.1 Å². The van der Waals surface area contributed by atoms with Gasteiger partial charge in [-0.3, -0.25) is 4.79 Å². The minimum Gasteiger partial charge on any atom is -0.489 e. The average Bonchev–Trinajstić information content (AvgIpc) is 2.64. The molecular weight excluding hydrogens is 317 g/mol. The molecule has 0 saturated carbocycles.